The topological polar surface area (TPSA) is 93.5 Å². The van der Waals surface area contributed by atoms with Gasteiger partial charge in [0.15, 0.2) is 0 Å². The maximum atomic E-state index is 11.5. The number of aliphatic hydroxyl groups is 1. The van der Waals surface area contributed by atoms with Gasteiger partial charge in [0.2, 0.25) is 0 Å². The number of methoxy groups -OCH3 is 1. The summed E-state index contributed by atoms with van der Waals surface area (Å²) in [6.07, 6.45) is -0.0645. The lowest BCUT2D eigenvalue weighted by Crippen LogP contribution is -2.31. The van der Waals surface area contributed by atoms with Crippen molar-refractivity contribution in [2.24, 2.45) is 0 Å². The Balaban J connectivity index is 2.19. The SMILES string of the molecule is COC[C@H]1O[C@@H](n2ccc(=O)[nH]c2=O)C[C@H]1O. The van der Waals surface area contributed by atoms with Crippen molar-refractivity contribution >= 4 is 0 Å². The van der Waals surface area contributed by atoms with Crippen molar-refractivity contribution in [3.05, 3.63) is 33.1 Å². The summed E-state index contributed by atoms with van der Waals surface area (Å²) in [6, 6.07) is 1.24. The van der Waals surface area contributed by atoms with Gasteiger partial charge in [0.1, 0.15) is 12.3 Å². The lowest BCUT2D eigenvalue weighted by atomic mass is 10.2. The van der Waals surface area contributed by atoms with Crippen LogP contribution in [0.2, 0.25) is 0 Å². The van der Waals surface area contributed by atoms with E-state index < -0.39 is 29.7 Å². The number of hydrogen-bond acceptors (Lipinski definition) is 5. The first kappa shape index (κ1) is 12.0. The highest BCUT2D eigenvalue weighted by atomic mass is 16.6. The molecule has 1 aromatic rings. The van der Waals surface area contributed by atoms with Crippen molar-refractivity contribution in [2.75, 3.05) is 13.7 Å². The van der Waals surface area contributed by atoms with Crippen LogP contribution in [0.15, 0.2) is 21.9 Å². The molecule has 1 saturated heterocycles. The fourth-order valence-electron chi connectivity index (χ4n) is 1.85. The first-order valence-corrected chi connectivity index (χ1v) is 5.25. The molecule has 0 saturated carbocycles. The largest absolute Gasteiger partial charge is 0.390 e. The molecule has 7 nitrogen and oxygen atoms in total. The van der Waals surface area contributed by atoms with Gasteiger partial charge in [0, 0.05) is 25.8 Å². The van der Waals surface area contributed by atoms with Crippen molar-refractivity contribution in [2.45, 2.75) is 24.9 Å². The van der Waals surface area contributed by atoms with Crippen LogP contribution < -0.4 is 11.2 Å². The molecule has 2 heterocycles. The molecule has 0 aromatic carbocycles. The van der Waals surface area contributed by atoms with Crippen LogP contribution >= 0.6 is 0 Å². The third-order valence-electron chi connectivity index (χ3n) is 2.70. The highest BCUT2D eigenvalue weighted by Crippen LogP contribution is 2.27. The van der Waals surface area contributed by atoms with E-state index in [-0.39, 0.29) is 6.61 Å². The number of aliphatic hydroxyl groups excluding tert-OH is 1. The Kier molecular flexibility index (Phi) is 3.41. The molecule has 17 heavy (non-hydrogen) atoms. The van der Waals surface area contributed by atoms with Gasteiger partial charge in [-0.2, -0.15) is 0 Å². The molecule has 0 spiro atoms. The summed E-state index contributed by atoms with van der Waals surface area (Å²) in [5.74, 6) is 0. The Labute approximate surface area is 96.6 Å². The van der Waals surface area contributed by atoms with Gasteiger partial charge in [-0.3, -0.25) is 14.3 Å². The van der Waals surface area contributed by atoms with Crippen molar-refractivity contribution in [1.29, 1.82) is 0 Å². The molecule has 3 atom stereocenters. The van der Waals surface area contributed by atoms with E-state index in [4.69, 9.17) is 9.47 Å². The fraction of sp³-hybridized carbons (Fsp3) is 0.600. The first-order valence-electron chi connectivity index (χ1n) is 5.25. The number of nitrogens with one attached hydrogen (secondary N) is 1. The summed E-state index contributed by atoms with van der Waals surface area (Å²) < 4.78 is 11.6. The highest BCUT2D eigenvalue weighted by molar-refractivity contribution is 4.88. The van der Waals surface area contributed by atoms with E-state index in [9.17, 15) is 14.7 Å². The number of rotatable bonds is 3. The molecule has 2 N–H and O–H groups in total. The summed E-state index contributed by atoms with van der Waals surface area (Å²) >= 11 is 0. The smallest absolute Gasteiger partial charge is 0.330 e. The minimum absolute atomic E-state index is 0.260. The van der Waals surface area contributed by atoms with E-state index in [2.05, 4.69) is 4.98 Å². The van der Waals surface area contributed by atoms with E-state index >= 15 is 0 Å². The Morgan fingerprint density at radius 2 is 2.41 bits per heavy atom. The van der Waals surface area contributed by atoms with Crippen LogP contribution in [0.1, 0.15) is 12.6 Å². The number of aromatic nitrogens is 2. The molecule has 0 aliphatic carbocycles. The predicted molar refractivity (Wildman–Crippen MR) is 57.7 cm³/mol. The maximum Gasteiger partial charge on any atom is 0.330 e. The second kappa shape index (κ2) is 4.82. The van der Waals surface area contributed by atoms with Gasteiger partial charge >= 0.3 is 5.69 Å². The van der Waals surface area contributed by atoms with Crippen molar-refractivity contribution in [3.8, 4) is 0 Å². The Hall–Kier alpha value is -1.44. The molecule has 94 valence electrons. The van der Waals surface area contributed by atoms with E-state index in [1.165, 1.54) is 23.9 Å². The molecule has 2 rings (SSSR count). The summed E-state index contributed by atoms with van der Waals surface area (Å²) in [4.78, 5) is 24.6. The highest BCUT2D eigenvalue weighted by Gasteiger charge is 2.35. The average molecular weight is 242 g/mol. The molecule has 0 radical (unpaired) electrons. The molecule has 1 aromatic heterocycles. The molecular formula is C10H14N2O5. The molecule has 7 heteroatoms. The van der Waals surface area contributed by atoms with Crippen LogP contribution in [-0.2, 0) is 9.47 Å². The number of H-pyrrole nitrogens is 1. The molecule has 0 bridgehead atoms. The van der Waals surface area contributed by atoms with E-state index in [0.717, 1.165) is 0 Å². The molecule has 0 unspecified atom stereocenters. The van der Waals surface area contributed by atoms with Crippen LogP contribution in [0.3, 0.4) is 0 Å². The average Bonchev–Trinajstić information content (AvgIpc) is 2.60. The zero-order valence-electron chi connectivity index (χ0n) is 9.33. The minimum atomic E-state index is -0.682. The minimum Gasteiger partial charge on any atom is -0.390 e. The van der Waals surface area contributed by atoms with Gasteiger partial charge in [-0.15, -0.1) is 0 Å². The third kappa shape index (κ3) is 2.46. The van der Waals surface area contributed by atoms with Crippen molar-refractivity contribution < 1.29 is 14.6 Å². The number of nitrogens with zero attached hydrogens (tertiary/aromatic N) is 1. The van der Waals surface area contributed by atoms with Gasteiger partial charge in [-0.05, 0) is 0 Å². The summed E-state index contributed by atoms with van der Waals surface area (Å²) in [6.45, 7) is 0.260. The van der Waals surface area contributed by atoms with Crippen molar-refractivity contribution in [3.63, 3.8) is 0 Å². The summed E-state index contributed by atoms with van der Waals surface area (Å²) in [5, 5.41) is 9.70. The van der Waals surface area contributed by atoms with Crippen LogP contribution in [-0.4, -0.2) is 40.6 Å². The Bertz CT molecular complexity index is 494. The van der Waals surface area contributed by atoms with Crippen LogP contribution in [0.5, 0.6) is 0 Å². The van der Waals surface area contributed by atoms with Gasteiger partial charge < -0.3 is 14.6 Å². The normalized spacial score (nSPS) is 28.5. The fourth-order valence-corrected chi connectivity index (χ4v) is 1.85. The van der Waals surface area contributed by atoms with Gasteiger partial charge in [-0.25, -0.2) is 4.79 Å². The second-order valence-corrected chi connectivity index (χ2v) is 3.90. The van der Waals surface area contributed by atoms with Gasteiger partial charge in [0.05, 0.1) is 12.7 Å². The quantitative estimate of drug-likeness (QED) is 0.696. The van der Waals surface area contributed by atoms with Gasteiger partial charge in [0.25, 0.3) is 5.56 Å². The number of hydrogen-bond donors (Lipinski definition) is 2. The summed E-state index contributed by atoms with van der Waals surface area (Å²) in [7, 11) is 1.51. The van der Waals surface area contributed by atoms with Crippen LogP contribution in [0, 0.1) is 0 Å². The molecule has 1 aliphatic heterocycles. The summed E-state index contributed by atoms with van der Waals surface area (Å²) in [5.41, 5.74) is -1.01. The zero-order chi connectivity index (χ0) is 12.4. The first-order chi connectivity index (χ1) is 8.11. The molecular weight excluding hydrogens is 228 g/mol. The van der Waals surface area contributed by atoms with Gasteiger partial charge in [-0.1, -0.05) is 0 Å². The van der Waals surface area contributed by atoms with E-state index in [1.54, 1.807) is 0 Å². The Morgan fingerprint density at radius 1 is 1.65 bits per heavy atom. The van der Waals surface area contributed by atoms with Crippen molar-refractivity contribution in [1.82, 2.24) is 9.55 Å². The number of ether oxygens (including phenoxy) is 2. The lowest BCUT2D eigenvalue weighted by molar-refractivity contribution is -0.0547. The molecule has 1 fully saturated rings. The zero-order valence-corrected chi connectivity index (χ0v) is 9.33. The van der Waals surface area contributed by atoms with Crippen LogP contribution in [0.4, 0.5) is 0 Å². The van der Waals surface area contributed by atoms with Crippen LogP contribution in [0.25, 0.3) is 0 Å². The predicted octanol–water partition coefficient (Wildman–Crippen LogP) is -1.17. The third-order valence-corrected chi connectivity index (χ3v) is 2.70. The number of aromatic amines is 1. The lowest BCUT2D eigenvalue weighted by Gasteiger charge is -2.14. The molecule has 0 amide bonds. The van der Waals surface area contributed by atoms with E-state index in [0.29, 0.717) is 6.42 Å². The standard InChI is InChI=1S/C10H14N2O5/c1-16-5-7-6(13)4-9(17-7)12-3-2-8(14)11-10(12)15/h2-3,6-7,9,13H,4-5H2,1H3,(H,11,14,15)/t6-,7-,9-/m1/s1. The molecule has 1 aliphatic rings. The maximum absolute atomic E-state index is 11.5. The monoisotopic (exact) mass is 242 g/mol. The second-order valence-electron chi connectivity index (χ2n) is 3.90. The Morgan fingerprint density at radius 3 is 3.06 bits per heavy atom. The van der Waals surface area contributed by atoms with E-state index in [1.807, 2.05) is 0 Å².